The second-order valence-corrected chi connectivity index (χ2v) is 5.69. The van der Waals surface area contributed by atoms with Gasteiger partial charge < -0.3 is 19.9 Å². The van der Waals surface area contributed by atoms with Gasteiger partial charge in [-0.15, -0.1) is 0 Å². The number of aryl methyl sites for hydroxylation is 1. The van der Waals surface area contributed by atoms with Crippen LogP contribution in [0.2, 0.25) is 0 Å². The number of urea groups is 1. The molecule has 2 aromatic rings. The Morgan fingerprint density at radius 2 is 1.81 bits per heavy atom. The molecule has 7 heteroatoms. The van der Waals surface area contributed by atoms with Crippen molar-refractivity contribution in [3.63, 3.8) is 0 Å². The van der Waals surface area contributed by atoms with Crippen LogP contribution in [-0.4, -0.2) is 32.1 Å². The molecule has 0 unspecified atom stereocenters. The number of hydrazone groups is 1. The number of benzene rings is 2. The van der Waals surface area contributed by atoms with Gasteiger partial charge in [0.1, 0.15) is 5.75 Å². The zero-order chi connectivity index (χ0) is 19.5. The standard InChI is InChI=1S/C20H25N3O4/c1-3-25-19-13-16(14-22-23-20(21)24)9-10-18(19)27-12-6-11-26-17-8-5-4-7-15(17)2/h4-5,7-10,13-14H,3,6,11-12H2,1-2H3,(H3,21,23,24)/b22-14-. The van der Waals surface area contributed by atoms with Gasteiger partial charge in [0.15, 0.2) is 11.5 Å². The molecule has 0 heterocycles. The molecule has 0 fully saturated rings. The van der Waals surface area contributed by atoms with Gasteiger partial charge in [-0.25, -0.2) is 10.2 Å². The normalized spacial score (nSPS) is 10.6. The van der Waals surface area contributed by atoms with Crippen LogP contribution in [0.3, 0.4) is 0 Å². The van der Waals surface area contributed by atoms with Crippen LogP contribution in [0.15, 0.2) is 47.6 Å². The lowest BCUT2D eigenvalue weighted by Gasteiger charge is -2.13. The summed E-state index contributed by atoms with van der Waals surface area (Å²) in [6.45, 7) is 5.49. The number of amides is 2. The number of ether oxygens (including phenoxy) is 3. The topological polar surface area (TPSA) is 95.2 Å². The number of hydrogen-bond donors (Lipinski definition) is 2. The molecule has 2 amide bonds. The van der Waals surface area contributed by atoms with Gasteiger partial charge >= 0.3 is 6.03 Å². The third kappa shape index (κ3) is 6.89. The molecule has 0 radical (unpaired) electrons. The van der Waals surface area contributed by atoms with Crippen LogP contribution in [-0.2, 0) is 0 Å². The molecule has 0 aliphatic heterocycles. The Morgan fingerprint density at radius 1 is 1.07 bits per heavy atom. The minimum atomic E-state index is -0.718. The lowest BCUT2D eigenvalue weighted by atomic mass is 10.2. The predicted molar refractivity (Wildman–Crippen MR) is 105 cm³/mol. The SMILES string of the molecule is CCOc1cc(/C=N\NC(N)=O)ccc1OCCCOc1ccccc1C. The summed E-state index contributed by atoms with van der Waals surface area (Å²) in [7, 11) is 0. The van der Waals surface area contributed by atoms with Crippen molar-refractivity contribution in [3.05, 3.63) is 53.6 Å². The van der Waals surface area contributed by atoms with Crippen molar-refractivity contribution >= 4 is 12.2 Å². The monoisotopic (exact) mass is 371 g/mol. The van der Waals surface area contributed by atoms with Crippen LogP contribution in [0.25, 0.3) is 0 Å². The summed E-state index contributed by atoms with van der Waals surface area (Å²) in [5.41, 5.74) is 8.98. The summed E-state index contributed by atoms with van der Waals surface area (Å²) < 4.78 is 17.2. The van der Waals surface area contributed by atoms with Gasteiger partial charge in [0.2, 0.25) is 0 Å². The number of rotatable bonds is 10. The molecule has 0 saturated heterocycles. The summed E-state index contributed by atoms with van der Waals surface area (Å²) >= 11 is 0. The Hall–Kier alpha value is -3.22. The molecule has 0 aliphatic carbocycles. The number of nitrogens with one attached hydrogen (secondary N) is 1. The minimum absolute atomic E-state index is 0.503. The van der Waals surface area contributed by atoms with E-state index in [1.54, 1.807) is 12.1 Å². The van der Waals surface area contributed by atoms with Crippen LogP contribution in [0.1, 0.15) is 24.5 Å². The van der Waals surface area contributed by atoms with E-state index in [0.717, 1.165) is 23.3 Å². The Kier molecular flexibility index (Phi) is 7.96. The van der Waals surface area contributed by atoms with Gasteiger partial charge in [0, 0.05) is 6.42 Å². The first-order chi connectivity index (χ1) is 13.1. The van der Waals surface area contributed by atoms with Crippen molar-refractivity contribution in [2.24, 2.45) is 10.8 Å². The average Bonchev–Trinajstić information content (AvgIpc) is 2.64. The Bertz CT molecular complexity index is 778. The lowest BCUT2D eigenvalue weighted by molar-refractivity contribution is 0.235. The highest BCUT2D eigenvalue weighted by molar-refractivity contribution is 5.82. The summed E-state index contributed by atoms with van der Waals surface area (Å²) in [4.78, 5) is 10.6. The third-order valence-corrected chi connectivity index (χ3v) is 3.55. The first-order valence-electron chi connectivity index (χ1n) is 8.76. The highest BCUT2D eigenvalue weighted by Crippen LogP contribution is 2.28. The van der Waals surface area contributed by atoms with Gasteiger partial charge in [-0.2, -0.15) is 5.10 Å². The first kappa shape index (κ1) is 20.1. The Balaban J connectivity index is 1.86. The molecular formula is C20H25N3O4. The van der Waals surface area contributed by atoms with E-state index in [1.807, 2.05) is 44.2 Å². The van der Waals surface area contributed by atoms with Crippen molar-refractivity contribution in [3.8, 4) is 17.2 Å². The molecule has 0 bridgehead atoms. The van der Waals surface area contributed by atoms with Crippen LogP contribution in [0.4, 0.5) is 4.79 Å². The van der Waals surface area contributed by atoms with Gasteiger partial charge in [-0.05, 0) is 49.2 Å². The van der Waals surface area contributed by atoms with Crippen LogP contribution in [0, 0.1) is 6.92 Å². The molecule has 3 N–H and O–H groups in total. The molecule has 0 aromatic heterocycles. The van der Waals surface area contributed by atoms with Crippen LogP contribution in [0.5, 0.6) is 17.2 Å². The molecule has 27 heavy (non-hydrogen) atoms. The quantitative estimate of drug-likeness (QED) is 0.381. The van der Waals surface area contributed by atoms with Crippen molar-refractivity contribution in [1.29, 1.82) is 0 Å². The smallest absolute Gasteiger partial charge is 0.332 e. The summed E-state index contributed by atoms with van der Waals surface area (Å²) in [6.07, 6.45) is 2.22. The maximum Gasteiger partial charge on any atom is 0.332 e. The van der Waals surface area contributed by atoms with Crippen LogP contribution < -0.4 is 25.4 Å². The van der Waals surface area contributed by atoms with Gasteiger partial charge in [-0.1, -0.05) is 18.2 Å². The zero-order valence-corrected chi connectivity index (χ0v) is 15.6. The van der Waals surface area contributed by atoms with Gasteiger partial charge in [0.25, 0.3) is 0 Å². The second-order valence-electron chi connectivity index (χ2n) is 5.69. The zero-order valence-electron chi connectivity index (χ0n) is 15.6. The predicted octanol–water partition coefficient (Wildman–Crippen LogP) is 3.24. The molecular weight excluding hydrogens is 346 g/mol. The van der Waals surface area contributed by atoms with E-state index in [-0.39, 0.29) is 0 Å². The average molecular weight is 371 g/mol. The van der Waals surface area contributed by atoms with E-state index < -0.39 is 6.03 Å². The minimum Gasteiger partial charge on any atom is -0.493 e. The Labute approximate surface area is 159 Å². The molecule has 0 spiro atoms. The number of primary amides is 1. The van der Waals surface area contributed by atoms with E-state index in [9.17, 15) is 4.79 Å². The largest absolute Gasteiger partial charge is 0.493 e. The second kappa shape index (κ2) is 10.7. The molecule has 0 aliphatic rings. The maximum atomic E-state index is 10.6. The number of para-hydroxylation sites is 1. The van der Waals surface area contributed by atoms with Crippen LogP contribution >= 0.6 is 0 Å². The van der Waals surface area contributed by atoms with E-state index in [0.29, 0.717) is 31.3 Å². The number of nitrogens with zero attached hydrogens (tertiary/aromatic N) is 1. The van der Waals surface area contributed by atoms with Gasteiger partial charge in [-0.3, -0.25) is 0 Å². The van der Waals surface area contributed by atoms with Crippen molar-refractivity contribution in [2.45, 2.75) is 20.3 Å². The molecule has 2 aromatic carbocycles. The maximum absolute atomic E-state index is 10.6. The van der Waals surface area contributed by atoms with E-state index in [2.05, 4.69) is 10.5 Å². The fourth-order valence-corrected chi connectivity index (χ4v) is 2.30. The highest BCUT2D eigenvalue weighted by Gasteiger charge is 2.06. The van der Waals surface area contributed by atoms with Gasteiger partial charge in [0.05, 0.1) is 26.0 Å². The summed E-state index contributed by atoms with van der Waals surface area (Å²) in [5.74, 6) is 2.15. The summed E-state index contributed by atoms with van der Waals surface area (Å²) in [5, 5.41) is 3.73. The molecule has 0 saturated carbocycles. The first-order valence-corrected chi connectivity index (χ1v) is 8.76. The number of nitrogens with two attached hydrogens (primary N) is 1. The molecule has 0 atom stereocenters. The van der Waals surface area contributed by atoms with E-state index >= 15 is 0 Å². The molecule has 144 valence electrons. The molecule has 2 rings (SSSR count). The fourth-order valence-electron chi connectivity index (χ4n) is 2.30. The molecule has 7 nitrogen and oxygen atoms in total. The lowest BCUT2D eigenvalue weighted by Crippen LogP contribution is -2.24. The van der Waals surface area contributed by atoms with E-state index in [1.165, 1.54) is 6.21 Å². The van der Waals surface area contributed by atoms with Crippen molar-refractivity contribution in [2.75, 3.05) is 19.8 Å². The van der Waals surface area contributed by atoms with E-state index in [4.69, 9.17) is 19.9 Å². The summed E-state index contributed by atoms with van der Waals surface area (Å²) in [6, 6.07) is 12.6. The van der Waals surface area contributed by atoms with Crippen molar-refractivity contribution in [1.82, 2.24) is 5.43 Å². The highest BCUT2D eigenvalue weighted by atomic mass is 16.5. The number of hydrogen-bond acceptors (Lipinski definition) is 5. The number of carbonyl (C=O) groups excluding carboxylic acids is 1. The fraction of sp³-hybridized carbons (Fsp3) is 0.300. The Morgan fingerprint density at radius 3 is 2.52 bits per heavy atom. The third-order valence-electron chi connectivity index (χ3n) is 3.55. The number of carbonyl (C=O) groups is 1. The van der Waals surface area contributed by atoms with Crippen molar-refractivity contribution < 1.29 is 19.0 Å².